The fraction of sp³-hybridized carbons (Fsp3) is 0.562. The quantitative estimate of drug-likeness (QED) is 0.895. The van der Waals surface area contributed by atoms with Gasteiger partial charge in [-0.25, -0.2) is 4.39 Å². The van der Waals surface area contributed by atoms with Crippen LogP contribution in [-0.4, -0.2) is 38.1 Å². The average Bonchev–Trinajstić information content (AvgIpc) is 2.99. The molecular formula is C16H21ClFN3O. The summed E-state index contributed by atoms with van der Waals surface area (Å²) < 4.78 is 13.2. The summed E-state index contributed by atoms with van der Waals surface area (Å²) in [5.41, 5.74) is 0.907. The summed E-state index contributed by atoms with van der Waals surface area (Å²) in [6.07, 6.45) is 2.73. The first kappa shape index (κ1) is 15.6. The Morgan fingerprint density at radius 3 is 2.82 bits per heavy atom. The van der Waals surface area contributed by atoms with Crippen molar-refractivity contribution in [3.63, 3.8) is 0 Å². The van der Waals surface area contributed by atoms with Crippen molar-refractivity contribution in [2.45, 2.75) is 25.3 Å². The molecule has 120 valence electrons. The first-order valence-electron chi connectivity index (χ1n) is 7.84. The van der Waals surface area contributed by atoms with Gasteiger partial charge in [0, 0.05) is 30.7 Å². The van der Waals surface area contributed by atoms with Gasteiger partial charge in [0.05, 0.1) is 5.02 Å². The molecule has 6 heteroatoms. The minimum atomic E-state index is -0.402. The smallest absolute Gasteiger partial charge is 0.223 e. The molecule has 0 radical (unpaired) electrons. The number of rotatable bonds is 3. The first-order chi connectivity index (χ1) is 10.6. The maximum absolute atomic E-state index is 13.2. The lowest BCUT2D eigenvalue weighted by Gasteiger charge is -2.24. The van der Waals surface area contributed by atoms with E-state index in [1.165, 1.54) is 6.07 Å². The van der Waals surface area contributed by atoms with Crippen molar-refractivity contribution in [3.8, 4) is 0 Å². The second-order valence-electron chi connectivity index (χ2n) is 6.06. The molecular weight excluding hydrogens is 305 g/mol. The van der Waals surface area contributed by atoms with Gasteiger partial charge in [0.2, 0.25) is 5.91 Å². The molecule has 1 atom stereocenters. The fourth-order valence-corrected chi connectivity index (χ4v) is 3.37. The predicted molar refractivity (Wildman–Crippen MR) is 85.8 cm³/mol. The number of benzene rings is 1. The molecule has 1 aromatic rings. The summed E-state index contributed by atoms with van der Waals surface area (Å²) in [5.74, 6) is -0.0959. The summed E-state index contributed by atoms with van der Waals surface area (Å²) in [6, 6.07) is 4.93. The lowest BCUT2D eigenvalue weighted by molar-refractivity contribution is -0.126. The third-order valence-electron chi connectivity index (χ3n) is 4.51. The number of amides is 1. The minimum absolute atomic E-state index is 0.135. The molecule has 2 N–H and O–H groups in total. The Kier molecular flexibility index (Phi) is 4.84. The van der Waals surface area contributed by atoms with Crippen molar-refractivity contribution in [1.29, 1.82) is 0 Å². The first-order valence-corrected chi connectivity index (χ1v) is 8.22. The van der Waals surface area contributed by atoms with E-state index in [0.717, 1.165) is 51.1 Å². The second-order valence-corrected chi connectivity index (χ2v) is 6.47. The third-order valence-corrected chi connectivity index (χ3v) is 4.80. The van der Waals surface area contributed by atoms with Crippen LogP contribution in [0.1, 0.15) is 19.3 Å². The van der Waals surface area contributed by atoms with Gasteiger partial charge in [-0.15, -0.1) is 0 Å². The van der Waals surface area contributed by atoms with Crippen LogP contribution in [0, 0.1) is 11.7 Å². The van der Waals surface area contributed by atoms with Crippen molar-refractivity contribution in [1.82, 2.24) is 10.6 Å². The van der Waals surface area contributed by atoms with E-state index in [1.807, 2.05) is 0 Å². The van der Waals surface area contributed by atoms with Gasteiger partial charge >= 0.3 is 0 Å². The number of carbonyl (C=O) groups excluding carboxylic acids is 1. The van der Waals surface area contributed by atoms with Crippen LogP contribution in [0.4, 0.5) is 10.1 Å². The number of nitrogens with zero attached hydrogens (tertiary/aromatic N) is 1. The lowest BCUT2D eigenvalue weighted by Crippen LogP contribution is -2.43. The highest BCUT2D eigenvalue weighted by Gasteiger charge is 2.28. The van der Waals surface area contributed by atoms with E-state index in [9.17, 15) is 9.18 Å². The second kappa shape index (κ2) is 6.84. The standard InChI is InChI=1S/C16H21ClFN3O/c17-14-9-13(1-2-15(14)18)21-8-5-12(10-21)20-16(22)11-3-6-19-7-4-11/h1-2,9,11-12,19H,3-8,10H2,(H,20,22). The molecule has 0 bridgehead atoms. The molecule has 3 rings (SSSR count). The Balaban J connectivity index is 1.55. The number of halogens is 2. The molecule has 2 saturated heterocycles. The van der Waals surface area contributed by atoms with E-state index in [1.54, 1.807) is 12.1 Å². The maximum Gasteiger partial charge on any atom is 0.223 e. The molecule has 1 unspecified atom stereocenters. The van der Waals surface area contributed by atoms with Crippen LogP contribution in [0.2, 0.25) is 5.02 Å². The summed E-state index contributed by atoms with van der Waals surface area (Å²) in [5, 5.41) is 6.57. The zero-order chi connectivity index (χ0) is 15.5. The number of anilines is 1. The van der Waals surface area contributed by atoms with Crippen molar-refractivity contribution in [3.05, 3.63) is 29.0 Å². The zero-order valence-corrected chi connectivity index (χ0v) is 13.2. The number of hydrogen-bond donors (Lipinski definition) is 2. The van der Waals surface area contributed by atoms with Crippen molar-refractivity contribution in [2.24, 2.45) is 5.92 Å². The molecule has 22 heavy (non-hydrogen) atoms. The highest BCUT2D eigenvalue weighted by molar-refractivity contribution is 6.31. The molecule has 2 aliphatic heterocycles. The van der Waals surface area contributed by atoms with Crippen LogP contribution >= 0.6 is 11.6 Å². The normalized spacial score (nSPS) is 22.8. The fourth-order valence-electron chi connectivity index (χ4n) is 3.20. The monoisotopic (exact) mass is 325 g/mol. The van der Waals surface area contributed by atoms with Gasteiger partial charge in [-0.1, -0.05) is 11.6 Å². The molecule has 2 aliphatic rings. The lowest BCUT2D eigenvalue weighted by atomic mass is 9.97. The summed E-state index contributed by atoms with van der Waals surface area (Å²) >= 11 is 5.84. The Labute approximate surface area is 135 Å². The number of carbonyl (C=O) groups is 1. The van der Waals surface area contributed by atoms with E-state index in [2.05, 4.69) is 15.5 Å². The Morgan fingerprint density at radius 1 is 1.32 bits per heavy atom. The number of piperidine rings is 1. The van der Waals surface area contributed by atoms with Crippen LogP contribution in [0.3, 0.4) is 0 Å². The van der Waals surface area contributed by atoms with Gasteiger partial charge in [-0.05, 0) is 50.6 Å². The van der Waals surface area contributed by atoms with Crippen LogP contribution in [0.15, 0.2) is 18.2 Å². The van der Waals surface area contributed by atoms with E-state index in [0.29, 0.717) is 0 Å². The molecule has 1 amide bonds. The zero-order valence-electron chi connectivity index (χ0n) is 12.4. The molecule has 2 heterocycles. The van der Waals surface area contributed by atoms with E-state index in [-0.39, 0.29) is 22.9 Å². The van der Waals surface area contributed by atoms with Gasteiger partial charge in [0.1, 0.15) is 5.82 Å². The summed E-state index contributed by atoms with van der Waals surface area (Å²) in [6.45, 7) is 3.43. The van der Waals surface area contributed by atoms with E-state index in [4.69, 9.17) is 11.6 Å². The van der Waals surface area contributed by atoms with Gasteiger partial charge in [-0.3, -0.25) is 4.79 Å². The van der Waals surface area contributed by atoms with Crippen molar-refractivity contribution >= 4 is 23.2 Å². The topological polar surface area (TPSA) is 44.4 Å². The van der Waals surface area contributed by atoms with E-state index < -0.39 is 5.82 Å². The third kappa shape index (κ3) is 3.52. The number of hydrogen-bond acceptors (Lipinski definition) is 3. The molecule has 4 nitrogen and oxygen atoms in total. The van der Waals surface area contributed by atoms with Gasteiger partial charge in [0.15, 0.2) is 0 Å². The van der Waals surface area contributed by atoms with Crippen molar-refractivity contribution in [2.75, 3.05) is 31.1 Å². The molecule has 2 fully saturated rings. The van der Waals surface area contributed by atoms with Crippen LogP contribution in [0.5, 0.6) is 0 Å². The Morgan fingerprint density at radius 2 is 2.09 bits per heavy atom. The molecule has 0 aliphatic carbocycles. The average molecular weight is 326 g/mol. The largest absolute Gasteiger partial charge is 0.369 e. The highest BCUT2D eigenvalue weighted by Crippen LogP contribution is 2.26. The summed E-state index contributed by atoms with van der Waals surface area (Å²) in [7, 11) is 0. The maximum atomic E-state index is 13.2. The summed E-state index contributed by atoms with van der Waals surface area (Å²) in [4.78, 5) is 14.4. The van der Waals surface area contributed by atoms with Gasteiger partial charge in [-0.2, -0.15) is 0 Å². The minimum Gasteiger partial charge on any atom is -0.369 e. The van der Waals surface area contributed by atoms with Crippen LogP contribution < -0.4 is 15.5 Å². The van der Waals surface area contributed by atoms with E-state index >= 15 is 0 Å². The van der Waals surface area contributed by atoms with Crippen LogP contribution in [0.25, 0.3) is 0 Å². The van der Waals surface area contributed by atoms with Gasteiger partial charge in [0.25, 0.3) is 0 Å². The molecule has 0 saturated carbocycles. The Hall–Kier alpha value is -1.33. The predicted octanol–water partition coefficient (Wildman–Crippen LogP) is 2.17. The molecule has 1 aromatic carbocycles. The number of nitrogens with one attached hydrogen (secondary N) is 2. The van der Waals surface area contributed by atoms with Gasteiger partial charge < -0.3 is 15.5 Å². The highest BCUT2D eigenvalue weighted by atomic mass is 35.5. The molecule has 0 aromatic heterocycles. The van der Waals surface area contributed by atoms with Crippen molar-refractivity contribution < 1.29 is 9.18 Å². The Bertz CT molecular complexity index is 548. The molecule has 0 spiro atoms. The SMILES string of the molecule is O=C(NC1CCN(c2ccc(F)c(Cl)c2)C1)C1CCNCC1. The van der Waals surface area contributed by atoms with Crippen LogP contribution in [-0.2, 0) is 4.79 Å².